The largest absolute Gasteiger partial charge is 0.310 e. The molecule has 2 rings (SSSR count). The summed E-state index contributed by atoms with van der Waals surface area (Å²) in [6, 6.07) is 1.55. The third-order valence-corrected chi connectivity index (χ3v) is 4.45. The average molecular weight is 210 g/mol. The van der Waals surface area contributed by atoms with E-state index in [9.17, 15) is 0 Å². The van der Waals surface area contributed by atoms with Crippen LogP contribution in [0.4, 0.5) is 0 Å². The van der Waals surface area contributed by atoms with E-state index in [1.54, 1.807) is 0 Å². The fourth-order valence-corrected chi connectivity index (χ4v) is 3.24. The van der Waals surface area contributed by atoms with Crippen molar-refractivity contribution in [3.05, 3.63) is 0 Å². The van der Waals surface area contributed by atoms with E-state index in [0.717, 1.165) is 18.0 Å². The van der Waals surface area contributed by atoms with Gasteiger partial charge < -0.3 is 5.32 Å². The van der Waals surface area contributed by atoms with Crippen molar-refractivity contribution in [2.75, 3.05) is 13.1 Å². The van der Waals surface area contributed by atoms with Gasteiger partial charge in [0.15, 0.2) is 0 Å². The number of nitrogens with zero attached hydrogens (tertiary/aromatic N) is 1. The second-order valence-corrected chi connectivity index (χ2v) is 6.22. The molecule has 0 amide bonds. The van der Waals surface area contributed by atoms with E-state index >= 15 is 0 Å². The summed E-state index contributed by atoms with van der Waals surface area (Å²) in [5.41, 5.74) is 0.352. The molecule has 0 aliphatic carbocycles. The van der Waals surface area contributed by atoms with Crippen LogP contribution in [-0.4, -0.2) is 35.6 Å². The Morgan fingerprint density at radius 2 is 2.00 bits per heavy atom. The highest BCUT2D eigenvalue weighted by Gasteiger charge is 2.37. The first-order chi connectivity index (χ1) is 6.99. The zero-order valence-electron chi connectivity index (χ0n) is 10.7. The maximum atomic E-state index is 3.64. The molecular formula is C13H26N2. The van der Waals surface area contributed by atoms with E-state index in [0.29, 0.717) is 5.54 Å². The van der Waals surface area contributed by atoms with Gasteiger partial charge >= 0.3 is 0 Å². The van der Waals surface area contributed by atoms with Crippen molar-refractivity contribution in [3.63, 3.8) is 0 Å². The standard InChI is InChI=1S/C13H26N2/c1-10-6-5-7-15(11(10)2)12-8-13(3,4)14-9-12/h10-12,14H,5-9H2,1-4H3. The van der Waals surface area contributed by atoms with E-state index in [4.69, 9.17) is 0 Å². The van der Waals surface area contributed by atoms with Crippen LogP contribution in [0.5, 0.6) is 0 Å². The van der Waals surface area contributed by atoms with Gasteiger partial charge in [-0.2, -0.15) is 0 Å². The molecule has 2 aliphatic rings. The van der Waals surface area contributed by atoms with Crippen molar-refractivity contribution in [2.45, 2.75) is 64.6 Å². The van der Waals surface area contributed by atoms with Gasteiger partial charge in [0, 0.05) is 24.2 Å². The number of piperidine rings is 1. The Morgan fingerprint density at radius 3 is 2.60 bits per heavy atom. The lowest BCUT2D eigenvalue weighted by atomic mass is 9.89. The minimum atomic E-state index is 0.352. The fourth-order valence-electron chi connectivity index (χ4n) is 3.24. The topological polar surface area (TPSA) is 15.3 Å². The van der Waals surface area contributed by atoms with Crippen molar-refractivity contribution in [3.8, 4) is 0 Å². The Labute approximate surface area is 94.4 Å². The van der Waals surface area contributed by atoms with Gasteiger partial charge in [0.25, 0.3) is 0 Å². The van der Waals surface area contributed by atoms with Crippen molar-refractivity contribution < 1.29 is 0 Å². The minimum absolute atomic E-state index is 0.352. The summed E-state index contributed by atoms with van der Waals surface area (Å²) in [5, 5.41) is 3.64. The summed E-state index contributed by atoms with van der Waals surface area (Å²) in [4.78, 5) is 2.75. The molecule has 0 aromatic heterocycles. The van der Waals surface area contributed by atoms with Gasteiger partial charge in [-0.3, -0.25) is 4.90 Å². The highest BCUT2D eigenvalue weighted by Crippen LogP contribution is 2.30. The van der Waals surface area contributed by atoms with Crippen LogP contribution in [0.3, 0.4) is 0 Å². The Hall–Kier alpha value is -0.0800. The molecule has 0 aromatic carbocycles. The highest BCUT2D eigenvalue weighted by atomic mass is 15.2. The number of nitrogens with one attached hydrogen (secondary N) is 1. The van der Waals surface area contributed by atoms with Crippen molar-refractivity contribution >= 4 is 0 Å². The molecule has 3 unspecified atom stereocenters. The number of rotatable bonds is 1. The smallest absolute Gasteiger partial charge is 0.0241 e. The van der Waals surface area contributed by atoms with Crippen LogP contribution in [0.15, 0.2) is 0 Å². The van der Waals surface area contributed by atoms with Crippen LogP contribution in [0.2, 0.25) is 0 Å². The molecule has 1 N–H and O–H groups in total. The molecule has 2 aliphatic heterocycles. The van der Waals surface area contributed by atoms with Crippen LogP contribution >= 0.6 is 0 Å². The summed E-state index contributed by atoms with van der Waals surface area (Å²) in [7, 11) is 0. The Kier molecular flexibility index (Phi) is 3.09. The van der Waals surface area contributed by atoms with Gasteiger partial charge in [-0.15, -0.1) is 0 Å². The SMILES string of the molecule is CC1CCCN(C2CNC(C)(C)C2)C1C. The predicted molar refractivity (Wildman–Crippen MR) is 65.1 cm³/mol. The van der Waals surface area contributed by atoms with E-state index in [1.807, 2.05) is 0 Å². The molecule has 0 bridgehead atoms. The zero-order valence-corrected chi connectivity index (χ0v) is 10.7. The second kappa shape index (κ2) is 4.06. The van der Waals surface area contributed by atoms with Crippen molar-refractivity contribution in [2.24, 2.45) is 5.92 Å². The molecule has 2 saturated heterocycles. The molecule has 2 heteroatoms. The second-order valence-electron chi connectivity index (χ2n) is 6.22. The zero-order chi connectivity index (χ0) is 11.1. The van der Waals surface area contributed by atoms with Gasteiger partial charge in [0.1, 0.15) is 0 Å². The number of hydrogen-bond acceptors (Lipinski definition) is 2. The maximum absolute atomic E-state index is 3.64. The first-order valence-corrected chi connectivity index (χ1v) is 6.50. The first-order valence-electron chi connectivity index (χ1n) is 6.50. The monoisotopic (exact) mass is 210 g/mol. The molecule has 2 fully saturated rings. The molecule has 3 atom stereocenters. The number of hydrogen-bond donors (Lipinski definition) is 1. The first kappa shape index (κ1) is 11.4. The lowest BCUT2D eigenvalue weighted by Crippen LogP contribution is -2.49. The van der Waals surface area contributed by atoms with E-state index in [1.165, 1.54) is 32.4 Å². The predicted octanol–water partition coefficient (Wildman–Crippen LogP) is 2.25. The maximum Gasteiger partial charge on any atom is 0.0241 e. The van der Waals surface area contributed by atoms with Gasteiger partial charge in [-0.1, -0.05) is 6.92 Å². The molecule has 0 aromatic rings. The van der Waals surface area contributed by atoms with E-state index in [-0.39, 0.29) is 0 Å². The Bertz CT molecular complexity index is 225. The van der Waals surface area contributed by atoms with E-state index in [2.05, 4.69) is 37.9 Å². The van der Waals surface area contributed by atoms with Crippen LogP contribution in [0.25, 0.3) is 0 Å². The fraction of sp³-hybridized carbons (Fsp3) is 1.00. The van der Waals surface area contributed by atoms with Crippen molar-refractivity contribution in [1.29, 1.82) is 0 Å². The van der Waals surface area contributed by atoms with Crippen LogP contribution in [0, 0.1) is 5.92 Å². The lowest BCUT2D eigenvalue weighted by molar-refractivity contribution is 0.0735. The molecule has 88 valence electrons. The van der Waals surface area contributed by atoms with Crippen molar-refractivity contribution in [1.82, 2.24) is 10.2 Å². The molecule has 2 heterocycles. The molecule has 15 heavy (non-hydrogen) atoms. The lowest BCUT2D eigenvalue weighted by Gasteiger charge is -2.41. The third-order valence-electron chi connectivity index (χ3n) is 4.45. The minimum Gasteiger partial charge on any atom is -0.310 e. The average Bonchev–Trinajstić information content (AvgIpc) is 2.51. The Balaban J connectivity index is 1.98. The summed E-state index contributed by atoms with van der Waals surface area (Å²) in [6.07, 6.45) is 4.12. The van der Waals surface area contributed by atoms with Crippen LogP contribution in [-0.2, 0) is 0 Å². The molecule has 0 radical (unpaired) electrons. The number of likely N-dealkylation sites (tertiary alicyclic amines) is 1. The summed E-state index contributed by atoms with van der Waals surface area (Å²) in [5.74, 6) is 0.877. The highest BCUT2D eigenvalue weighted by molar-refractivity contribution is 4.96. The summed E-state index contributed by atoms with van der Waals surface area (Å²) >= 11 is 0. The van der Waals surface area contributed by atoms with Gasteiger partial charge in [-0.25, -0.2) is 0 Å². The molecule has 0 spiro atoms. The van der Waals surface area contributed by atoms with Crippen LogP contribution in [0.1, 0.15) is 47.0 Å². The Morgan fingerprint density at radius 1 is 1.27 bits per heavy atom. The quantitative estimate of drug-likeness (QED) is 0.714. The van der Waals surface area contributed by atoms with Crippen LogP contribution < -0.4 is 5.32 Å². The normalized spacial score (nSPS) is 42.0. The summed E-state index contributed by atoms with van der Waals surface area (Å²) < 4.78 is 0. The molecule has 2 nitrogen and oxygen atoms in total. The molecule has 0 saturated carbocycles. The van der Waals surface area contributed by atoms with Gasteiger partial charge in [-0.05, 0) is 52.5 Å². The third kappa shape index (κ3) is 2.36. The van der Waals surface area contributed by atoms with Gasteiger partial charge in [0.2, 0.25) is 0 Å². The molecular weight excluding hydrogens is 184 g/mol. The van der Waals surface area contributed by atoms with Gasteiger partial charge in [0.05, 0.1) is 0 Å². The van der Waals surface area contributed by atoms with E-state index < -0.39 is 0 Å². The summed E-state index contributed by atoms with van der Waals surface area (Å²) in [6.45, 7) is 12.0.